The predicted molar refractivity (Wildman–Crippen MR) is 124 cm³/mol. The molecule has 0 aromatic heterocycles. The Bertz CT molecular complexity index is 703. The van der Waals surface area contributed by atoms with Gasteiger partial charge in [-0.2, -0.15) is 0 Å². The van der Waals surface area contributed by atoms with Crippen LogP contribution in [0.5, 0.6) is 0 Å². The lowest BCUT2D eigenvalue weighted by molar-refractivity contribution is -0.126. The maximum atomic E-state index is 12.9. The lowest BCUT2D eigenvalue weighted by Crippen LogP contribution is -2.51. The zero-order chi connectivity index (χ0) is 22.2. The molecule has 1 aromatic rings. The van der Waals surface area contributed by atoms with Crippen LogP contribution in [-0.4, -0.2) is 73.6 Å². The van der Waals surface area contributed by atoms with Crippen LogP contribution in [0.1, 0.15) is 51.1 Å². The van der Waals surface area contributed by atoms with Gasteiger partial charge in [0.2, 0.25) is 5.91 Å². The number of piperazine rings is 1. The number of likely N-dealkylation sites (N-methyl/N-ethyl adjacent to an activating group) is 1. The fourth-order valence-electron chi connectivity index (χ4n) is 4.56. The second-order valence-electron chi connectivity index (χ2n) is 9.41. The maximum Gasteiger partial charge on any atom is 0.315 e. The zero-order valence-electron chi connectivity index (χ0n) is 19.3. The number of benzene rings is 1. The minimum atomic E-state index is -0.141. The highest BCUT2D eigenvalue weighted by atomic mass is 16.2. The molecule has 1 heterocycles. The van der Waals surface area contributed by atoms with Crippen LogP contribution in [0.15, 0.2) is 30.3 Å². The summed E-state index contributed by atoms with van der Waals surface area (Å²) in [6.45, 7) is 8.89. The summed E-state index contributed by atoms with van der Waals surface area (Å²) in [4.78, 5) is 30.1. The summed E-state index contributed by atoms with van der Waals surface area (Å²) in [5.74, 6) is 0.0934. The number of hydrogen-bond acceptors (Lipinski definition) is 4. The zero-order valence-corrected chi connectivity index (χ0v) is 19.3. The quantitative estimate of drug-likeness (QED) is 0.622. The lowest BCUT2D eigenvalue weighted by Gasteiger charge is -2.35. The summed E-state index contributed by atoms with van der Waals surface area (Å²) < 4.78 is 0. The van der Waals surface area contributed by atoms with Gasteiger partial charge in [-0.1, -0.05) is 36.8 Å². The van der Waals surface area contributed by atoms with Crippen molar-refractivity contribution in [2.45, 2.75) is 57.7 Å². The average molecular weight is 430 g/mol. The number of carbonyl (C=O) groups excluding carboxylic acids is 2. The third-order valence-electron chi connectivity index (χ3n) is 6.36. The number of urea groups is 1. The van der Waals surface area contributed by atoms with Crippen molar-refractivity contribution in [2.75, 3.05) is 39.8 Å². The Kier molecular flexibility index (Phi) is 8.72. The van der Waals surface area contributed by atoms with E-state index in [2.05, 4.69) is 44.9 Å². The Morgan fingerprint density at radius 3 is 2.42 bits per heavy atom. The molecule has 0 spiro atoms. The minimum absolute atomic E-state index is 0.0169. The summed E-state index contributed by atoms with van der Waals surface area (Å²) in [6.07, 6.45) is 3.49. The number of nitrogens with zero attached hydrogens (tertiary/aromatic N) is 2. The Morgan fingerprint density at radius 1 is 1.03 bits per heavy atom. The van der Waals surface area contributed by atoms with E-state index in [0.29, 0.717) is 6.42 Å². The molecule has 1 aliphatic heterocycles. The summed E-state index contributed by atoms with van der Waals surface area (Å²) in [5, 5.41) is 9.37. The van der Waals surface area contributed by atoms with Gasteiger partial charge in [0.15, 0.2) is 0 Å². The van der Waals surface area contributed by atoms with Crippen LogP contribution in [-0.2, 0) is 4.79 Å². The Labute approximate surface area is 186 Å². The van der Waals surface area contributed by atoms with Gasteiger partial charge >= 0.3 is 6.03 Å². The molecule has 2 fully saturated rings. The van der Waals surface area contributed by atoms with Crippen LogP contribution in [0.2, 0.25) is 0 Å². The fraction of sp³-hybridized carbons (Fsp3) is 0.667. The molecule has 3 atom stereocenters. The first-order chi connectivity index (χ1) is 14.9. The molecule has 3 rings (SSSR count). The van der Waals surface area contributed by atoms with E-state index in [1.165, 1.54) is 0 Å². The number of carbonyl (C=O) groups is 2. The number of nitrogens with one attached hydrogen (secondary N) is 3. The van der Waals surface area contributed by atoms with Crippen LogP contribution in [0.25, 0.3) is 0 Å². The van der Waals surface area contributed by atoms with Crippen LogP contribution < -0.4 is 16.0 Å². The highest BCUT2D eigenvalue weighted by molar-refractivity contribution is 5.79. The first-order valence-corrected chi connectivity index (χ1v) is 11.7. The number of rotatable bonds is 7. The van der Waals surface area contributed by atoms with E-state index in [0.717, 1.165) is 57.5 Å². The molecular weight excluding hydrogens is 390 g/mol. The van der Waals surface area contributed by atoms with Crippen LogP contribution >= 0.6 is 0 Å². The molecule has 1 saturated carbocycles. The Hall–Kier alpha value is -2.12. The molecule has 0 radical (unpaired) electrons. The summed E-state index contributed by atoms with van der Waals surface area (Å²) in [7, 11) is 2.15. The van der Waals surface area contributed by atoms with Crippen molar-refractivity contribution in [1.82, 2.24) is 25.8 Å². The van der Waals surface area contributed by atoms with Gasteiger partial charge < -0.3 is 20.9 Å². The molecule has 3 amide bonds. The summed E-state index contributed by atoms with van der Waals surface area (Å²) in [6, 6.07) is 10.2. The van der Waals surface area contributed by atoms with Crippen LogP contribution in [0.3, 0.4) is 0 Å². The van der Waals surface area contributed by atoms with Crippen LogP contribution in [0.4, 0.5) is 4.79 Å². The Balaban J connectivity index is 1.56. The van der Waals surface area contributed by atoms with Gasteiger partial charge in [0.25, 0.3) is 0 Å². The van der Waals surface area contributed by atoms with Crippen molar-refractivity contribution >= 4 is 11.9 Å². The molecule has 3 unspecified atom stereocenters. The highest BCUT2D eigenvalue weighted by Gasteiger charge is 2.29. The van der Waals surface area contributed by atoms with Gasteiger partial charge in [-0.25, -0.2) is 4.79 Å². The predicted octanol–water partition coefficient (Wildman–Crippen LogP) is 2.36. The SMILES string of the molecule is CC(C)NC(=O)C1CCCC(NC(=O)NC(CN2CCN(C)CC2)c2ccccc2)C1. The molecule has 7 nitrogen and oxygen atoms in total. The van der Waals surface area contributed by atoms with Crippen molar-refractivity contribution in [2.24, 2.45) is 5.92 Å². The van der Waals surface area contributed by atoms with Crippen molar-refractivity contribution < 1.29 is 9.59 Å². The third kappa shape index (κ3) is 7.51. The first kappa shape index (κ1) is 23.5. The molecule has 31 heavy (non-hydrogen) atoms. The van der Waals surface area contributed by atoms with E-state index in [1.54, 1.807) is 0 Å². The molecule has 0 bridgehead atoms. The third-order valence-corrected chi connectivity index (χ3v) is 6.36. The number of hydrogen-bond donors (Lipinski definition) is 3. The van der Waals surface area contributed by atoms with E-state index in [-0.39, 0.29) is 36.0 Å². The topological polar surface area (TPSA) is 76.7 Å². The van der Waals surface area contributed by atoms with Gasteiger partial charge in [0.05, 0.1) is 6.04 Å². The van der Waals surface area contributed by atoms with Gasteiger partial charge in [-0.05, 0) is 45.7 Å². The molecular formula is C24H39N5O2. The van der Waals surface area contributed by atoms with Crippen molar-refractivity contribution in [1.29, 1.82) is 0 Å². The molecule has 1 saturated heterocycles. The van der Waals surface area contributed by atoms with Crippen LogP contribution in [0, 0.1) is 5.92 Å². The number of amides is 3. The summed E-state index contributed by atoms with van der Waals surface area (Å²) in [5.41, 5.74) is 1.12. The maximum absolute atomic E-state index is 12.9. The molecule has 3 N–H and O–H groups in total. The van der Waals surface area contributed by atoms with Crippen molar-refractivity contribution in [3.63, 3.8) is 0 Å². The molecule has 2 aliphatic rings. The van der Waals surface area contributed by atoms with E-state index in [1.807, 2.05) is 32.0 Å². The van der Waals surface area contributed by atoms with Gasteiger partial charge in [0.1, 0.15) is 0 Å². The Morgan fingerprint density at radius 2 is 1.74 bits per heavy atom. The minimum Gasteiger partial charge on any atom is -0.354 e. The standard InChI is InChI=1S/C24H39N5O2/c1-18(2)25-23(30)20-10-7-11-21(16-20)26-24(31)27-22(19-8-5-4-6-9-19)17-29-14-12-28(3)13-15-29/h4-6,8-9,18,20-22H,7,10-17H2,1-3H3,(H,25,30)(H2,26,27,31). The molecule has 1 aromatic carbocycles. The largest absolute Gasteiger partial charge is 0.354 e. The monoisotopic (exact) mass is 429 g/mol. The molecule has 7 heteroatoms. The van der Waals surface area contributed by atoms with Crippen molar-refractivity contribution in [3.05, 3.63) is 35.9 Å². The average Bonchev–Trinajstić information content (AvgIpc) is 2.75. The van der Waals surface area contributed by atoms with Crippen molar-refractivity contribution in [3.8, 4) is 0 Å². The second-order valence-corrected chi connectivity index (χ2v) is 9.41. The smallest absolute Gasteiger partial charge is 0.315 e. The normalized spacial score (nSPS) is 23.9. The lowest BCUT2D eigenvalue weighted by atomic mass is 9.85. The van der Waals surface area contributed by atoms with Gasteiger partial charge in [-0.3, -0.25) is 9.69 Å². The van der Waals surface area contributed by atoms with E-state index in [9.17, 15) is 9.59 Å². The highest BCUT2D eigenvalue weighted by Crippen LogP contribution is 2.25. The van der Waals surface area contributed by atoms with E-state index in [4.69, 9.17) is 0 Å². The second kappa shape index (κ2) is 11.5. The fourth-order valence-corrected chi connectivity index (χ4v) is 4.56. The van der Waals surface area contributed by atoms with E-state index >= 15 is 0 Å². The molecule has 1 aliphatic carbocycles. The first-order valence-electron chi connectivity index (χ1n) is 11.7. The van der Waals surface area contributed by atoms with Gasteiger partial charge in [0, 0.05) is 50.7 Å². The van der Waals surface area contributed by atoms with Gasteiger partial charge in [-0.15, -0.1) is 0 Å². The van der Waals surface area contributed by atoms with E-state index < -0.39 is 0 Å². The summed E-state index contributed by atoms with van der Waals surface area (Å²) >= 11 is 0. The molecule has 172 valence electrons.